The van der Waals surface area contributed by atoms with Crippen molar-refractivity contribution in [3.63, 3.8) is 0 Å². The van der Waals surface area contributed by atoms with Crippen LogP contribution >= 0.6 is 0 Å². The second-order valence-electron chi connectivity index (χ2n) is 4.83. The van der Waals surface area contributed by atoms with Crippen molar-refractivity contribution in [1.82, 2.24) is 4.57 Å². The highest BCUT2D eigenvalue weighted by molar-refractivity contribution is 6.09. The Labute approximate surface area is 120 Å². The highest BCUT2D eigenvalue weighted by atomic mass is 16.5. The van der Waals surface area contributed by atoms with Gasteiger partial charge in [0.2, 0.25) is 0 Å². The molecule has 0 aliphatic rings. The topological polar surface area (TPSA) is 61.4 Å². The van der Waals surface area contributed by atoms with Crippen LogP contribution in [0, 0.1) is 0 Å². The van der Waals surface area contributed by atoms with E-state index in [4.69, 9.17) is 9.15 Å². The van der Waals surface area contributed by atoms with Crippen LogP contribution in [-0.4, -0.2) is 17.1 Å². The molecule has 0 atom stereocenters. The third kappa shape index (κ3) is 2.11. The Morgan fingerprint density at radius 2 is 2.10 bits per heavy atom. The molecule has 0 spiro atoms. The van der Waals surface area contributed by atoms with Gasteiger partial charge in [-0.3, -0.25) is 4.79 Å². The van der Waals surface area contributed by atoms with E-state index < -0.39 is 5.63 Å². The summed E-state index contributed by atoms with van der Waals surface area (Å²) in [5.74, 6) is -0.333. The van der Waals surface area contributed by atoms with Crippen LogP contribution < -0.4 is 5.63 Å². The third-order valence-electron chi connectivity index (χ3n) is 3.57. The first-order valence-corrected chi connectivity index (χ1v) is 6.77. The van der Waals surface area contributed by atoms with Gasteiger partial charge in [-0.2, -0.15) is 0 Å². The molecule has 2 aromatic heterocycles. The molecule has 0 aliphatic carbocycles. The van der Waals surface area contributed by atoms with Crippen molar-refractivity contribution in [1.29, 1.82) is 0 Å². The maximum atomic E-state index is 12.0. The van der Waals surface area contributed by atoms with E-state index in [-0.39, 0.29) is 12.4 Å². The molecule has 0 amide bonds. The highest BCUT2D eigenvalue weighted by Crippen LogP contribution is 2.29. The number of hydrogen-bond donors (Lipinski definition) is 0. The van der Waals surface area contributed by atoms with E-state index in [2.05, 4.69) is 0 Å². The maximum Gasteiger partial charge on any atom is 0.360 e. The molecular weight excluding hydrogens is 270 g/mol. The molecule has 0 saturated heterocycles. The predicted octanol–water partition coefficient (Wildman–Crippen LogP) is 2.39. The number of aryl methyl sites for hydroxylation is 1. The fourth-order valence-corrected chi connectivity index (χ4v) is 2.69. The van der Waals surface area contributed by atoms with Gasteiger partial charge in [-0.1, -0.05) is 18.2 Å². The summed E-state index contributed by atoms with van der Waals surface area (Å²) in [5.41, 5.74) is 1.66. The SMILES string of the molecule is CCOC(=O)Cc1coc(=O)c2c1c1ccccc1n2C. The number of carbonyl (C=O) groups is 1. The first kappa shape index (κ1) is 13.4. The number of nitrogens with zero attached hydrogens (tertiary/aromatic N) is 1. The second-order valence-corrected chi connectivity index (χ2v) is 4.83. The van der Waals surface area contributed by atoms with Crippen molar-refractivity contribution in [3.8, 4) is 0 Å². The van der Waals surface area contributed by atoms with Crippen molar-refractivity contribution in [3.05, 3.63) is 46.5 Å². The van der Waals surface area contributed by atoms with Gasteiger partial charge in [-0.05, 0) is 13.0 Å². The minimum atomic E-state index is -0.406. The Hall–Kier alpha value is -2.56. The zero-order valence-electron chi connectivity index (χ0n) is 11.9. The van der Waals surface area contributed by atoms with Crippen LogP contribution in [0.15, 0.2) is 39.7 Å². The molecule has 0 unspecified atom stereocenters. The maximum absolute atomic E-state index is 12.0. The molecule has 5 heteroatoms. The second kappa shape index (κ2) is 5.09. The summed E-state index contributed by atoms with van der Waals surface area (Å²) >= 11 is 0. The molecule has 2 heterocycles. The van der Waals surface area contributed by atoms with Gasteiger partial charge in [0.25, 0.3) is 0 Å². The van der Waals surface area contributed by atoms with Crippen molar-refractivity contribution < 1.29 is 13.9 Å². The van der Waals surface area contributed by atoms with Gasteiger partial charge in [0.1, 0.15) is 5.52 Å². The van der Waals surface area contributed by atoms with Gasteiger partial charge in [-0.15, -0.1) is 0 Å². The lowest BCUT2D eigenvalue weighted by atomic mass is 10.1. The number of carbonyl (C=O) groups excluding carboxylic acids is 1. The summed E-state index contributed by atoms with van der Waals surface area (Å²) in [7, 11) is 1.82. The lowest BCUT2D eigenvalue weighted by molar-refractivity contribution is -0.142. The summed E-state index contributed by atoms with van der Waals surface area (Å²) in [5, 5.41) is 1.69. The third-order valence-corrected chi connectivity index (χ3v) is 3.57. The molecular formula is C16H15NO4. The molecule has 1 aromatic carbocycles. The quantitative estimate of drug-likeness (QED) is 0.693. The van der Waals surface area contributed by atoms with Gasteiger partial charge >= 0.3 is 11.6 Å². The number of esters is 1. The van der Waals surface area contributed by atoms with Crippen molar-refractivity contribution in [2.45, 2.75) is 13.3 Å². The smallest absolute Gasteiger partial charge is 0.360 e. The number of benzene rings is 1. The lowest BCUT2D eigenvalue weighted by Crippen LogP contribution is -2.10. The van der Waals surface area contributed by atoms with Crippen LogP contribution in [0.5, 0.6) is 0 Å². The average Bonchev–Trinajstić information content (AvgIpc) is 2.78. The minimum Gasteiger partial charge on any atom is -0.466 e. The molecule has 0 N–H and O–H groups in total. The van der Waals surface area contributed by atoms with Gasteiger partial charge in [-0.25, -0.2) is 4.79 Å². The molecule has 0 aliphatic heterocycles. The number of fused-ring (bicyclic) bond motifs is 3. The van der Waals surface area contributed by atoms with E-state index in [1.54, 1.807) is 11.5 Å². The van der Waals surface area contributed by atoms with E-state index in [9.17, 15) is 9.59 Å². The fourth-order valence-electron chi connectivity index (χ4n) is 2.69. The summed E-state index contributed by atoms with van der Waals surface area (Å²) in [6.07, 6.45) is 1.44. The summed E-state index contributed by atoms with van der Waals surface area (Å²) in [6, 6.07) is 7.69. The number of ether oxygens (including phenoxy) is 1. The van der Waals surface area contributed by atoms with Crippen LogP contribution in [0.2, 0.25) is 0 Å². The molecule has 3 rings (SSSR count). The summed E-state index contributed by atoms with van der Waals surface area (Å²) in [6.45, 7) is 2.09. The van der Waals surface area contributed by atoms with Crippen molar-refractivity contribution in [2.75, 3.05) is 6.61 Å². The van der Waals surface area contributed by atoms with Crippen LogP contribution in [0.1, 0.15) is 12.5 Å². The first-order valence-electron chi connectivity index (χ1n) is 6.77. The van der Waals surface area contributed by atoms with E-state index in [0.717, 1.165) is 16.3 Å². The van der Waals surface area contributed by atoms with Crippen LogP contribution in [0.4, 0.5) is 0 Å². The standard InChI is InChI=1S/C16H15NO4/c1-3-20-13(18)8-10-9-21-16(19)15-14(10)11-6-4-5-7-12(11)17(15)2/h4-7,9H,3,8H2,1-2H3. The monoisotopic (exact) mass is 285 g/mol. The average molecular weight is 285 g/mol. The predicted molar refractivity (Wildman–Crippen MR) is 79.3 cm³/mol. The zero-order chi connectivity index (χ0) is 15.0. The number of para-hydroxylation sites is 1. The highest BCUT2D eigenvalue weighted by Gasteiger charge is 2.18. The summed E-state index contributed by atoms with van der Waals surface area (Å²) < 4.78 is 11.9. The van der Waals surface area contributed by atoms with Crippen LogP contribution in [0.25, 0.3) is 21.8 Å². The molecule has 3 aromatic rings. The lowest BCUT2D eigenvalue weighted by Gasteiger charge is -2.03. The van der Waals surface area contributed by atoms with Crippen molar-refractivity contribution in [2.24, 2.45) is 7.05 Å². The largest absolute Gasteiger partial charge is 0.466 e. The molecule has 0 bridgehead atoms. The number of aromatic nitrogens is 1. The van der Waals surface area contributed by atoms with Crippen LogP contribution in [0.3, 0.4) is 0 Å². The molecule has 5 nitrogen and oxygen atoms in total. The molecule has 0 fully saturated rings. The zero-order valence-corrected chi connectivity index (χ0v) is 11.9. The normalized spacial score (nSPS) is 11.1. The van der Waals surface area contributed by atoms with Gasteiger partial charge in [0.05, 0.1) is 19.3 Å². The summed E-state index contributed by atoms with van der Waals surface area (Å²) in [4.78, 5) is 23.8. The van der Waals surface area contributed by atoms with E-state index in [0.29, 0.717) is 17.7 Å². The Morgan fingerprint density at radius 1 is 1.33 bits per heavy atom. The Bertz CT molecular complexity index is 888. The number of hydrogen-bond acceptors (Lipinski definition) is 4. The molecule has 108 valence electrons. The molecule has 21 heavy (non-hydrogen) atoms. The number of rotatable bonds is 3. The molecule has 0 saturated carbocycles. The van der Waals surface area contributed by atoms with Gasteiger partial charge in [0.15, 0.2) is 0 Å². The van der Waals surface area contributed by atoms with Crippen LogP contribution in [-0.2, 0) is 23.0 Å². The van der Waals surface area contributed by atoms with E-state index in [1.807, 2.05) is 31.3 Å². The van der Waals surface area contributed by atoms with Gasteiger partial charge in [0, 0.05) is 28.9 Å². The Balaban J connectivity index is 2.32. The van der Waals surface area contributed by atoms with E-state index >= 15 is 0 Å². The first-order chi connectivity index (χ1) is 10.1. The Morgan fingerprint density at radius 3 is 2.86 bits per heavy atom. The van der Waals surface area contributed by atoms with Gasteiger partial charge < -0.3 is 13.7 Å². The fraction of sp³-hybridized carbons (Fsp3) is 0.250. The molecule has 0 radical (unpaired) electrons. The van der Waals surface area contributed by atoms with E-state index in [1.165, 1.54) is 6.26 Å². The Kier molecular flexibility index (Phi) is 3.25. The minimum absolute atomic E-state index is 0.0854. The van der Waals surface area contributed by atoms with Crippen molar-refractivity contribution >= 4 is 27.8 Å².